The Kier molecular flexibility index (Phi) is 5.17. The summed E-state index contributed by atoms with van der Waals surface area (Å²) in [5, 5.41) is 13.5. The first-order chi connectivity index (χ1) is 13.5. The Morgan fingerprint density at radius 2 is 2.25 bits per heavy atom. The number of nitrogens with one attached hydrogen (secondary N) is 1. The molecule has 9 heteroatoms. The van der Waals surface area contributed by atoms with E-state index in [1.54, 1.807) is 15.9 Å². The van der Waals surface area contributed by atoms with Gasteiger partial charge in [-0.25, -0.2) is 9.48 Å². The normalized spacial score (nSPS) is 16.6. The SMILES string of the molecule is Cc1noc(C)c1Cn1nc2n(c1=O)CCC(NC(=O)Cc1cccs1)CC2. The van der Waals surface area contributed by atoms with Crippen LogP contribution < -0.4 is 11.0 Å². The topological polar surface area (TPSA) is 94.9 Å². The van der Waals surface area contributed by atoms with E-state index in [-0.39, 0.29) is 17.6 Å². The van der Waals surface area contributed by atoms with Crippen molar-refractivity contribution in [2.24, 2.45) is 0 Å². The highest BCUT2D eigenvalue weighted by molar-refractivity contribution is 7.10. The van der Waals surface area contributed by atoms with Gasteiger partial charge in [0.1, 0.15) is 11.6 Å². The van der Waals surface area contributed by atoms with Crippen LogP contribution in [0.2, 0.25) is 0 Å². The predicted molar refractivity (Wildman–Crippen MR) is 104 cm³/mol. The molecule has 1 unspecified atom stereocenters. The van der Waals surface area contributed by atoms with Crippen LogP contribution in [0.5, 0.6) is 0 Å². The van der Waals surface area contributed by atoms with Crippen LogP contribution in [0.4, 0.5) is 0 Å². The van der Waals surface area contributed by atoms with Crippen molar-refractivity contribution in [3.05, 3.63) is 55.7 Å². The van der Waals surface area contributed by atoms with Crippen molar-refractivity contribution in [2.75, 3.05) is 0 Å². The largest absolute Gasteiger partial charge is 0.361 e. The van der Waals surface area contributed by atoms with E-state index in [1.807, 2.05) is 31.4 Å². The highest BCUT2D eigenvalue weighted by Crippen LogP contribution is 2.16. The van der Waals surface area contributed by atoms with Gasteiger partial charge in [0.25, 0.3) is 0 Å². The zero-order valence-corrected chi connectivity index (χ0v) is 16.8. The van der Waals surface area contributed by atoms with Crippen molar-refractivity contribution >= 4 is 17.2 Å². The fourth-order valence-corrected chi connectivity index (χ4v) is 4.31. The van der Waals surface area contributed by atoms with Gasteiger partial charge in [-0.2, -0.15) is 5.10 Å². The molecular formula is C19H23N5O3S. The lowest BCUT2D eigenvalue weighted by molar-refractivity contribution is -0.121. The summed E-state index contributed by atoms with van der Waals surface area (Å²) in [6.45, 7) is 4.62. The summed E-state index contributed by atoms with van der Waals surface area (Å²) in [5.41, 5.74) is 1.55. The number of thiophene rings is 1. The summed E-state index contributed by atoms with van der Waals surface area (Å²) < 4.78 is 8.39. The van der Waals surface area contributed by atoms with Crippen LogP contribution in [0.3, 0.4) is 0 Å². The first-order valence-corrected chi connectivity index (χ1v) is 10.3. The molecule has 4 heterocycles. The second kappa shape index (κ2) is 7.75. The van der Waals surface area contributed by atoms with Gasteiger partial charge in [-0.05, 0) is 38.1 Å². The minimum Gasteiger partial charge on any atom is -0.361 e. The van der Waals surface area contributed by atoms with E-state index < -0.39 is 0 Å². The van der Waals surface area contributed by atoms with Crippen LogP contribution in [-0.2, 0) is 30.7 Å². The average Bonchev–Trinajstić information content (AvgIpc) is 3.31. The average molecular weight is 401 g/mol. The zero-order chi connectivity index (χ0) is 19.7. The van der Waals surface area contributed by atoms with E-state index in [1.165, 1.54) is 4.68 Å². The number of hydrogen-bond donors (Lipinski definition) is 1. The molecule has 0 fully saturated rings. The third-order valence-corrected chi connectivity index (χ3v) is 6.06. The van der Waals surface area contributed by atoms with E-state index in [9.17, 15) is 9.59 Å². The molecule has 28 heavy (non-hydrogen) atoms. The number of aromatic nitrogens is 4. The predicted octanol–water partition coefficient (Wildman–Crippen LogP) is 1.82. The van der Waals surface area contributed by atoms with Crippen LogP contribution in [0.25, 0.3) is 0 Å². The summed E-state index contributed by atoms with van der Waals surface area (Å²) in [6, 6.07) is 3.98. The Labute approximate surface area is 166 Å². The molecule has 1 N–H and O–H groups in total. The number of aryl methyl sites for hydroxylation is 3. The molecule has 3 aromatic heterocycles. The first-order valence-electron chi connectivity index (χ1n) is 9.41. The molecule has 0 saturated carbocycles. The lowest BCUT2D eigenvalue weighted by Gasteiger charge is -2.15. The molecule has 1 aliphatic rings. The maximum Gasteiger partial charge on any atom is 0.346 e. The van der Waals surface area contributed by atoms with Gasteiger partial charge in [-0.1, -0.05) is 11.2 Å². The summed E-state index contributed by atoms with van der Waals surface area (Å²) in [4.78, 5) is 26.1. The molecule has 1 aliphatic heterocycles. The Bertz CT molecular complexity index is 1010. The maximum absolute atomic E-state index is 12.8. The van der Waals surface area contributed by atoms with E-state index in [0.717, 1.165) is 34.8 Å². The fourth-order valence-electron chi connectivity index (χ4n) is 3.60. The quantitative estimate of drug-likeness (QED) is 0.704. The first kappa shape index (κ1) is 18.7. The Morgan fingerprint density at radius 3 is 2.96 bits per heavy atom. The smallest absolute Gasteiger partial charge is 0.346 e. The third kappa shape index (κ3) is 3.80. The van der Waals surface area contributed by atoms with Gasteiger partial charge in [0.2, 0.25) is 5.91 Å². The molecule has 8 nitrogen and oxygen atoms in total. The van der Waals surface area contributed by atoms with Crippen molar-refractivity contribution in [1.82, 2.24) is 24.8 Å². The number of rotatable bonds is 5. The molecule has 4 rings (SSSR count). The van der Waals surface area contributed by atoms with E-state index in [4.69, 9.17) is 4.52 Å². The third-order valence-electron chi connectivity index (χ3n) is 5.19. The van der Waals surface area contributed by atoms with Gasteiger partial charge in [0.05, 0.1) is 18.7 Å². The molecular weight excluding hydrogens is 378 g/mol. The highest BCUT2D eigenvalue weighted by Gasteiger charge is 2.23. The number of nitrogens with zero attached hydrogens (tertiary/aromatic N) is 4. The number of amides is 1. The van der Waals surface area contributed by atoms with E-state index >= 15 is 0 Å². The fraction of sp³-hybridized carbons (Fsp3) is 0.474. The Hall–Kier alpha value is -2.68. The number of hydrogen-bond acceptors (Lipinski definition) is 6. The lowest BCUT2D eigenvalue weighted by Crippen LogP contribution is -2.36. The van der Waals surface area contributed by atoms with Gasteiger partial charge in [0.15, 0.2) is 0 Å². The minimum absolute atomic E-state index is 0.0304. The Morgan fingerprint density at radius 1 is 1.39 bits per heavy atom. The van der Waals surface area contributed by atoms with Crippen molar-refractivity contribution < 1.29 is 9.32 Å². The summed E-state index contributed by atoms with van der Waals surface area (Å²) in [5.74, 6) is 1.51. The van der Waals surface area contributed by atoms with Crippen LogP contribution in [0, 0.1) is 13.8 Å². The van der Waals surface area contributed by atoms with Crippen molar-refractivity contribution in [1.29, 1.82) is 0 Å². The van der Waals surface area contributed by atoms with Crippen LogP contribution in [-0.4, -0.2) is 31.5 Å². The van der Waals surface area contributed by atoms with Crippen LogP contribution in [0.1, 0.15) is 40.6 Å². The highest BCUT2D eigenvalue weighted by atomic mass is 32.1. The van der Waals surface area contributed by atoms with Crippen molar-refractivity contribution in [2.45, 2.75) is 58.7 Å². The van der Waals surface area contributed by atoms with E-state index in [0.29, 0.717) is 31.7 Å². The van der Waals surface area contributed by atoms with Gasteiger partial charge >= 0.3 is 5.69 Å². The lowest BCUT2D eigenvalue weighted by atomic mass is 10.1. The molecule has 0 bridgehead atoms. The molecule has 3 aromatic rings. The van der Waals surface area contributed by atoms with E-state index in [2.05, 4.69) is 15.6 Å². The Balaban J connectivity index is 1.41. The second-order valence-electron chi connectivity index (χ2n) is 7.16. The monoisotopic (exact) mass is 401 g/mol. The number of carbonyl (C=O) groups is 1. The van der Waals surface area contributed by atoms with Crippen molar-refractivity contribution in [3.8, 4) is 0 Å². The molecule has 0 aliphatic carbocycles. The zero-order valence-electron chi connectivity index (χ0n) is 16.0. The molecule has 148 valence electrons. The molecule has 0 aromatic carbocycles. The minimum atomic E-state index is -0.124. The number of fused-ring (bicyclic) bond motifs is 1. The molecule has 0 spiro atoms. The molecule has 0 saturated heterocycles. The maximum atomic E-state index is 12.8. The van der Waals surface area contributed by atoms with Crippen molar-refractivity contribution in [3.63, 3.8) is 0 Å². The molecule has 0 radical (unpaired) electrons. The van der Waals surface area contributed by atoms with Gasteiger partial charge in [0, 0.05) is 29.4 Å². The summed E-state index contributed by atoms with van der Waals surface area (Å²) in [6.07, 6.45) is 2.56. The van der Waals surface area contributed by atoms with Crippen LogP contribution >= 0.6 is 11.3 Å². The number of carbonyl (C=O) groups excluding carboxylic acids is 1. The van der Waals surface area contributed by atoms with Gasteiger partial charge < -0.3 is 9.84 Å². The molecule has 1 atom stereocenters. The standard InChI is InChI=1S/C19H23N5O3S/c1-12-16(13(2)27-22-12)11-24-19(26)23-8-7-14(5-6-17(23)21-24)20-18(25)10-15-4-3-9-28-15/h3-4,9,14H,5-8,10-11H2,1-2H3,(H,20,25). The molecule has 1 amide bonds. The van der Waals surface area contributed by atoms with Crippen LogP contribution in [0.15, 0.2) is 26.8 Å². The summed E-state index contributed by atoms with van der Waals surface area (Å²) in [7, 11) is 0. The van der Waals surface area contributed by atoms with Gasteiger partial charge in [-0.15, -0.1) is 11.3 Å². The summed E-state index contributed by atoms with van der Waals surface area (Å²) >= 11 is 1.59. The second-order valence-corrected chi connectivity index (χ2v) is 8.19. The van der Waals surface area contributed by atoms with Gasteiger partial charge in [-0.3, -0.25) is 9.36 Å².